The summed E-state index contributed by atoms with van der Waals surface area (Å²) in [5.74, 6) is 0.622. The van der Waals surface area contributed by atoms with Crippen molar-refractivity contribution in [1.82, 2.24) is 19.4 Å². The fourth-order valence-corrected chi connectivity index (χ4v) is 2.63. The lowest BCUT2D eigenvalue weighted by Gasteiger charge is -2.34. The van der Waals surface area contributed by atoms with Crippen molar-refractivity contribution in [3.8, 4) is 0 Å². The number of imidazole rings is 1. The largest absolute Gasteiger partial charge is 0.331 e. The Hall–Kier alpha value is -0.910. The van der Waals surface area contributed by atoms with E-state index in [4.69, 9.17) is 5.73 Å². The second-order valence-electron chi connectivity index (χ2n) is 6.76. The molecule has 0 aliphatic rings. The molecule has 1 aromatic rings. The molecule has 0 aliphatic heterocycles. The average Bonchev–Trinajstić information content (AvgIpc) is 2.85. The van der Waals surface area contributed by atoms with Gasteiger partial charge in [0.2, 0.25) is 0 Å². The second-order valence-corrected chi connectivity index (χ2v) is 6.76. The van der Waals surface area contributed by atoms with Gasteiger partial charge in [0.05, 0.1) is 18.1 Å². The van der Waals surface area contributed by atoms with E-state index in [2.05, 4.69) is 61.1 Å². The van der Waals surface area contributed by atoms with Crippen molar-refractivity contribution in [1.29, 1.82) is 0 Å². The molecular formula is C16H33N5. The maximum Gasteiger partial charge on any atom is 0.0951 e. The Morgan fingerprint density at radius 3 is 2.33 bits per heavy atom. The van der Waals surface area contributed by atoms with Gasteiger partial charge in [0, 0.05) is 38.4 Å². The third-order valence-corrected chi connectivity index (χ3v) is 3.69. The highest BCUT2D eigenvalue weighted by Gasteiger charge is 2.23. The number of rotatable bonds is 9. The predicted octanol–water partition coefficient (Wildman–Crippen LogP) is 1.98. The summed E-state index contributed by atoms with van der Waals surface area (Å²) >= 11 is 0. The van der Waals surface area contributed by atoms with Crippen LogP contribution in [0, 0.1) is 5.92 Å². The Morgan fingerprint density at radius 2 is 1.86 bits per heavy atom. The van der Waals surface area contributed by atoms with Gasteiger partial charge in [-0.15, -0.1) is 0 Å². The molecule has 0 amide bonds. The molecule has 0 aromatic carbocycles. The minimum Gasteiger partial charge on any atom is -0.331 e. The lowest BCUT2D eigenvalue weighted by Crippen LogP contribution is -2.41. The zero-order chi connectivity index (χ0) is 16.0. The van der Waals surface area contributed by atoms with E-state index in [0.717, 1.165) is 19.6 Å². The summed E-state index contributed by atoms with van der Waals surface area (Å²) in [6.07, 6.45) is 3.89. The van der Waals surface area contributed by atoms with Crippen LogP contribution in [-0.4, -0.2) is 59.6 Å². The van der Waals surface area contributed by atoms with Crippen LogP contribution in [0.5, 0.6) is 0 Å². The topological polar surface area (TPSA) is 50.3 Å². The first-order chi connectivity index (χ1) is 9.86. The molecule has 0 fully saturated rings. The number of aromatic nitrogens is 2. The van der Waals surface area contributed by atoms with Crippen LogP contribution in [0.3, 0.4) is 0 Å². The van der Waals surface area contributed by atoms with Crippen LogP contribution in [0.15, 0.2) is 12.5 Å². The molecule has 122 valence electrons. The third kappa shape index (κ3) is 5.41. The molecule has 2 N–H and O–H groups in total. The number of likely N-dealkylation sites (N-methyl/N-ethyl adjacent to an activating group) is 1. The number of nitrogens with zero attached hydrogens (tertiary/aromatic N) is 4. The SMILES string of the molecule is CC(C)CN(CCN(C)C)C(CN)c1cncn1C(C)C. The smallest absolute Gasteiger partial charge is 0.0951 e. The van der Waals surface area contributed by atoms with E-state index >= 15 is 0 Å². The molecule has 0 saturated carbocycles. The van der Waals surface area contributed by atoms with E-state index in [9.17, 15) is 0 Å². The molecule has 1 heterocycles. The fraction of sp³-hybridized carbons (Fsp3) is 0.812. The highest BCUT2D eigenvalue weighted by atomic mass is 15.2. The van der Waals surface area contributed by atoms with Gasteiger partial charge in [-0.3, -0.25) is 4.90 Å². The Kier molecular flexibility index (Phi) is 7.35. The molecule has 0 aliphatic carbocycles. The van der Waals surface area contributed by atoms with E-state index in [1.54, 1.807) is 0 Å². The summed E-state index contributed by atoms with van der Waals surface area (Å²) in [4.78, 5) is 9.06. The van der Waals surface area contributed by atoms with Gasteiger partial charge in [-0.2, -0.15) is 0 Å². The first kappa shape index (κ1) is 18.1. The number of hydrogen-bond donors (Lipinski definition) is 1. The number of hydrogen-bond acceptors (Lipinski definition) is 4. The van der Waals surface area contributed by atoms with Crippen molar-refractivity contribution in [3.05, 3.63) is 18.2 Å². The summed E-state index contributed by atoms with van der Waals surface area (Å²) in [5.41, 5.74) is 7.35. The molecule has 1 unspecified atom stereocenters. The van der Waals surface area contributed by atoms with Crippen LogP contribution < -0.4 is 5.73 Å². The van der Waals surface area contributed by atoms with Crippen LogP contribution in [0.25, 0.3) is 0 Å². The summed E-state index contributed by atoms with van der Waals surface area (Å²) in [7, 11) is 4.23. The highest BCUT2D eigenvalue weighted by Crippen LogP contribution is 2.23. The molecule has 0 saturated heterocycles. The van der Waals surface area contributed by atoms with Gasteiger partial charge >= 0.3 is 0 Å². The summed E-state index contributed by atoms with van der Waals surface area (Å²) in [5, 5.41) is 0. The van der Waals surface area contributed by atoms with Gasteiger partial charge in [0.1, 0.15) is 0 Å². The molecule has 0 radical (unpaired) electrons. The summed E-state index contributed by atoms with van der Waals surface area (Å²) in [6.45, 7) is 12.6. The Balaban J connectivity index is 2.96. The van der Waals surface area contributed by atoms with Gasteiger partial charge in [-0.05, 0) is 33.9 Å². The zero-order valence-electron chi connectivity index (χ0n) is 14.6. The van der Waals surface area contributed by atoms with Crippen molar-refractivity contribution in [2.75, 3.05) is 40.3 Å². The Labute approximate surface area is 130 Å². The van der Waals surface area contributed by atoms with Gasteiger partial charge in [-0.25, -0.2) is 4.98 Å². The van der Waals surface area contributed by atoms with Crippen molar-refractivity contribution >= 4 is 0 Å². The van der Waals surface area contributed by atoms with Gasteiger partial charge in [-0.1, -0.05) is 13.8 Å². The molecule has 1 rings (SSSR count). The minimum absolute atomic E-state index is 0.234. The molecule has 0 spiro atoms. The highest BCUT2D eigenvalue weighted by molar-refractivity contribution is 5.08. The van der Waals surface area contributed by atoms with Crippen LogP contribution >= 0.6 is 0 Å². The van der Waals surface area contributed by atoms with E-state index in [1.165, 1.54) is 5.69 Å². The van der Waals surface area contributed by atoms with E-state index in [1.807, 2.05) is 12.5 Å². The molecule has 1 atom stereocenters. The third-order valence-electron chi connectivity index (χ3n) is 3.69. The number of nitrogens with two attached hydrogens (primary N) is 1. The quantitative estimate of drug-likeness (QED) is 0.757. The molecule has 5 nitrogen and oxygen atoms in total. The lowest BCUT2D eigenvalue weighted by atomic mass is 10.1. The van der Waals surface area contributed by atoms with E-state index in [0.29, 0.717) is 18.5 Å². The first-order valence-corrected chi connectivity index (χ1v) is 7.97. The van der Waals surface area contributed by atoms with E-state index < -0.39 is 0 Å². The van der Waals surface area contributed by atoms with Gasteiger partial charge in [0.15, 0.2) is 0 Å². The average molecular weight is 295 g/mol. The Morgan fingerprint density at radius 1 is 1.19 bits per heavy atom. The molecule has 5 heteroatoms. The van der Waals surface area contributed by atoms with Crippen LogP contribution in [0.4, 0.5) is 0 Å². The Bertz CT molecular complexity index is 397. The van der Waals surface area contributed by atoms with Crippen LogP contribution in [0.1, 0.15) is 45.5 Å². The maximum atomic E-state index is 6.12. The molecular weight excluding hydrogens is 262 g/mol. The van der Waals surface area contributed by atoms with Crippen LogP contribution in [-0.2, 0) is 0 Å². The van der Waals surface area contributed by atoms with Gasteiger partial charge < -0.3 is 15.2 Å². The zero-order valence-corrected chi connectivity index (χ0v) is 14.6. The van der Waals surface area contributed by atoms with Crippen molar-refractivity contribution < 1.29 is 0 Å². The maximum absolute atomic E-state index is 6.12. The summed E-state index contributed by atoms with van der Waals surface area (Å²) < 4.78 is 2.24. The molecule has 21 heavy (non-hydrogen) atoms. The van der Waals surface area contributed by atoms with Gasteiger partial charge in [0.25, 0.3) is 0 Å². The summed E-state index contributed by atoms with van der Waals surface area (Å²) in [6, 6.07) is 0.642. The van der Waals surface area contributed by atoms with Crippen molar-refractivity contribution in [2.24, 2.45) is 11.7 Å². The lowest BCUT2D eigenvalue weighted by molar-refractivity contribution is 0.157. The molecule has 1 aromatic heterocycles. The van der Waals surface area contributed by atoms with E-state index in [-0.39, 0.29) is 6.04 Å². The monoisotopic (exact) mass is 295 g/mol. The van der Waals surface area contributed by atoms with Crippen molar-refractivity contribution in [3.63, 3.8) is 0 Å². The van der Waals surface area contributed by atoms with Crippen LogP contribution in [0.2, 0.25) is 0 Å². The minimum atomic E-state index is 0.234. The second kappa shape index (κ2) is 8.51. The predicted molar refractivity (Wildman–Crippen MR) is 89.4 cm³/mol. The first-order valence-electron chi connectivity index (χ1n) is 7.97. The normalized spacial score (nSPS) is 13.9. The standard InChI is InChI=1S/C16H33N5/c1-13(2)11-20(8-7-19(5)6)15(9-17)16-10-18-12-21(16)14(3)4/h10,12-15H,7-9,11,17H2,1-6H3. The van der Waals surface area contributed by atoms with Crippen molar-refractivity contribution in [2.45, 2.75) is 39.8 Å². The molecule has 0 bridgehead atoms. The fourth-order valence-electron chi connectivity index (χ4n) is 2.63.